The molecule has 4 nitrogen and oxygen atoms in total. The molecular formula is C58H80O4S4. The predicted octanol–water partition coefficient (Wildman–Crippen LogP) is 19.9. The van der Waals surface area contributed by atoms with Crippen LogP contribution in [-0.4, -0.2) is 11.9 Å². The molecular weight excluding hydrogens is 889 g/mol. The van der Waals surface area contributed by atoms with Crippen molar-refractivity contribution in [1.29, 1.82) is 0 Å². The number of ether oxygens (including phenoxy) is 2. The Bertz CT molecular complexity index is 2190. The van der Waals surface area contributed by atoms with E-state index in [-0.39, 0.29) is 11.1 Å². The lowest BCUT2D eigenvalue weighted by Gasteiger charge is -2.04. The fourth-order valence-corrected chi connectivity index (χ4v) is 13.9. The molecule has 2 aliphatic heterocycles. The third kappa shape index (κ3) is 16.3. The van der Waals surface area contributed by atoms with Gasteiger partial charge in [-0.25, -0.2) is 9.59 Å². The van der Waals surface area contributed by atoms with Crippen molar-refractivity contribution in [2.24, 2.45) is 0 Å². The molecule has 0 unspecified atom stereocenters. The van der Waals surface area contributed by atoms with E-state index in [9.17, 15) is 9.59 Å². The quantitative estimate of drug-likeness (QED) is 0.0340. The van der Waals surface area contributed by atoms with Gasteiger partial charge in [0.15, 0.2) is 5.76 Å². The average Bonchev–Trinajstić information content (AvgIpc) is 4.18. The van der Waals surface area contributed by atoms with Gasteiger partial charge in [0.25, 0.3) is 0 Å². The van der Waals surface area contributed by atoms with Crippen LogP contribution in [-0.2, 0) is 31.9 Å². The van der Waals surface area contributed by atoms with Crippen LogP contribution >= 0.6 is 45.3 Å². The summed E-state index contributed by atoms with van der Waals surface area (Å²) < 4.78 is 11.1. The molecule has 0 aliphatic carbocycles. The summed E-state index contributed by atoms with van der Waals surface area (Å²) >= 11 is 7.26. The van der Waals surface area contributed by atoms with Gasteiger partial charge in [-0.05, 0) is 99.2 Å². The van der Waals surface area contributed by atoms with Crippen molar-refractivity contribution in [3.63, 3.8) is 0 Å². The summed E-state index contributed by atoms with van der Waals surface area (Å²) in [6.45, 7) is 8.49. The first kappa shape index (κ1) is 52.3. The topological polar surface area (TPSA) is 52.6 Å². The number of hydrogen-bond acceptors (Lipinski definition) is 8. The van der Waals surface area contributed by atoms with Crippen molar-refractivity contribution < 1.29 is 19.1 Å². The van der Waals surface area contributed by atoms with E-state index in [0.717, 1.165) is 17.7 Å². The number of carbonyl (C=O) groups excluding carboxylic acids is 2. The molecule has 0 radical (unpaired) electrons. The highest BCUT2D eigenvalue weighted by Crippen LogP contribution is 2.46. The third-order valence-corrected chi connectivity index (χ3v) is 18.1. The van der Waals surface area contributed by atoms with Gasteiger partial charge in [-0.2, -0.15) is 0 Å². The number of carbonyl (C=O) groups is 2. The molecule has 6 rings (SSSR count). The highest BCUT2D eigenvalue weighted by atomic mass is 32.1. The van der Waals surface area contributed by atoms with Crippen LogP contribution in [0.2, 0.25) is 0 Å². The molecule has 4 aromatic rings. The zero-order chi connectivity index (χ0) is 46.4. The molecule has 0 spiro atoms. The molecule has 0 amide bonds. The van der Waals surface area contributed by atoms with Gasteiger partial charge in [0, 0.05) is 34.1 Å². The molecule has 0 aromatic carbocycles. The molecule has 6 heterocycles. The van der Waals surface area contributed by atoms with Crippen molar-refractivity contribution in [1.82, 2.24) is 0 Å². The number of rotatable bonds is 35. The van der Waals surface area contributed by atoms with Gasteiger partial charge in [-0.1, -0.05) is 181 Å². The summed E-state index contributed by atoms with van der Waals surface area (Å²) in [5, 5.41) is 0. The largest absolute Gasteiger partial charge is 0.427 e. The third-order valence-electron chi connectivity index (χ3n) is 13.4. The van der Waals surface area contributed by atoms with Crippen LogP contribution in [0.4, 0.5) is 0 Å². The predicted molar refractivity (Wildman–Crippen MR) is 289 cm³/mol. The molecule has 0 fully saturated rings. The Morgan fingerprint density at radius 1 is 0.424 bits per heavy atom. The molecule has 2 aliphatic rings. The number of aryl methyl sites for hydroxylation is 3. The van der Waals surface area contributed by atoms with Gasteiger partial charge in [-0.15, -0.1) is 45.3 Å². The number of esters is 2. The van der Waals surface area contributed by atoms with E-state index in [2.05, 4.69) is 69.3 Å². The van der Waals surface area contributed by atoms with Crippen LogP contribution in [0.5, 0.6) is 0 Å². The minimum absolute atomic E-state index is 0.272. The van der Waals surface area contributed by atoms with E-state index in [1.807, 2.05) is 22.7 Å². The summed E-state index contributed by atoms with van der Waals surface area (Å²) in [5.74, 6) is -0.317. The number of hydrogen-bond donors (Lipinski definition) is 0. The number of thiophene rings is 4. The molecule has 0 saturated carbocycles. The van der Waals surface area contributed by atoms with Gasteiger partial charge in [0.05, 0.1) is 4.88 Å². The van der Waals surface area contributed by atoms with Crippen molar-refractivity contribution in [3.05, 3.63) is 83.9 Å². The molecule has 360 valence electrons. The van der Waals surface area contributed by atoms with Crippen molar-refractivity contribution in [2.75, 3.05) is 0 Å². The lowest BCUT2D eigenvalue weighted by molar-refractivity contribution is -0.133. The standard InChI is InChI=1S/C58H80O4S4/c1-5-7-9-11-13-15-17-19-21-23-25-27-29-31-33-45-41-43(3)63-55(45)49-39-37-47(64-49)35-36-48-38-40-50(65-48)56-46(34-32-30-28-26-24-22-20-18-16-14-12-10-8-6-2)42-51(66-56)54-53-52(57(59)62-54)44(4)61-58(53)60/h35-42H,5-34H2,1-4H3/b36-35+. The highest BCUT2D eigenvalue weighted by Gasteiger charge is 2.44. The van der Waals surface area contributed by atoms with Crippen LogP contribution in [0.25, 0.3) is 37.4 Å². The van der Waals surface area contributed by atoms with E-state index < -0.39 is 11.9 Å². The minimum atomic E-state index is -0.498. The molecule has 0 N–H and O–H groups in total. The number of cyclic esters (lactones) is 2. The Labute approximate surface area is 415 Å². The molecule has 8 heteroatoms. The van der Waals surface area contributed by atoms with Crippen molar-refractivity contribution in [3.8, 4) is 19.5 Å². The fraction of sp³-hybridized carbons (Fsp3) is 0.586. The normalized spacial score (nSPS) is 13.9. The van der Waals surface area contributed by atoms with Gasteiger partial charge < -0.3 is 9.47 Å². The summed E-state index contributed by atoms with van der Waals surface area (Å²) in [6, 6.07) is 13.6. The van der Waals surface area contributed by atoms with Gasteiger partial charge in [0.2, 0.25) is 0 Å². The second kappa shape index (κ2) is 29.1. The first-order chi connectivity index (χ1) is 32.4. The summed E-state index contributed by atoms with van der Waals surface area (Å²) in [6.07, 6.45) is 44.9. The molecule has 0 atom stereocenters. The first-order valence-electron chi connectivity index (χ1n) is 26.4. The fourth-order valence-electron chi connectivity index (χ4n) is 9.55. The van der Waals surface area contributed by atoms with Gasteiger partial charge >= 0.3 is 11.9 Å². The SMILES string of the molecule is CCCCCCCCCCCCCCCCc1cc(C)sc1-c1ccc(/C=C/c2ccc(-c3sc(C4=C5C(=O)OC(C)=C5C(=O)O4)cc3CCCCCCCCCCCCCCCC)s2)s1. The second-order valence-corrected chi connectivity index (χ2v) is 23.6. The van der Waals surface area contributed by atoms with Gasteiger partial charge in [-0.3, -0.25) is 0 Å². The zero-order valence-corrected chi connectivity index (χ0v) is 44.4. The van der Waals surface area contributed by atoms with Crippen molar-refractivity contribution in [2.45, 2.75) is 220 Å². The van der Waals surface area contributed by atoms with E-state index >= 15 is 0 Å². The molecule has 0 saturated heterocycles. The Hall–Kier alpha value is -3.04. The summed E-state index contributed by atoms with van der Waals surface area (Å²) in [7, 11) is 0. The van der Waals surface area contributed by atoms with Crippen LogP contribution in [0.3, 0.4) is 0 Å². The maximum atomic E-state index is 12.8. The monoisotopic (exact) mass is 968 g/mol. The molecule has 4 aromatic heterocycles. The van der Waals surface area contributed by atoms with E-state index in [1.54, 1.807) is 29.6 Å². The first-order valence-corrected chi connectivity index (χ1v) is 29.6. The molecule has 66 heavy (non-hydrogen) atoms. The zero-order valence-electron chi connectivity index (χ0n) is 41.1. The highest BCUT2D eigenvalue weighted by molar-refractivity contribution is 7.23. The van der Waals surface area contributed by atoms with Crippen LogP contribution < -0.4 is 0 Å². The number of fused-ring (bicyclic) bond motifs is 1. The number of allylic oxidation sites excluding steroid dienone is 1. The van der Waals surface area contributed by atoms with Crippen molar-refractivity contribution >= 4 is 75.2 Å². The maximum Gasteiger partial charge on any atom is 0.348 e. The maximum absolute atomic E-state index is 12.8. The average molecular weight is 970 g/mol. The van der Waals surface area contributed by atoms with E-state index in [4.69, 9.17) is 9.47 Å². The Kier molecular flexibility index (Phi) is 23.1. The minimum Gasteiger partial charge on any atom is -0.427 e. The van der Waals surface area contributed by atoms with E-state index in [1.165, 1.54) is 225 Å². The Balaban J connectivity index is 0.994. The van der Waals surface area contributed by atoms with E-state index in [0.29, 0.717) is 11.5 Å². The Morgan fingerprint density at radius 2 is 0.818 bits per heavy atom. The summed E-state index contributed by atoms with van der Waals surface area (Å²) in [5.41, 5.74) is 3.33. The lowest BCUT2D eigenvalue weighted by Crippen LogP contribution is -1.99. The van der Waals surface area contributed by atoms with Gasteiger partial charge in [0.1, 0.15) is 16.9 Å². The summed E-state index contributed by atoms with van der Waals surface area (Å²) in [4.78, 5) is 35.6. The lowest BCUT2D eigenvalue weighted by atomic mass is 10.0. The molecule has 0 bridgehead atoms. The smallest absolute Gasteiger partial charge is 0.348 e. The van der Waals surface area contributed by atoms with Crippen LogP contribution in [0, 0.1) is 6.92 Å². The Morgan fingerprint density at radius 3 is 1.27 bits per heavy atom. The van der Waals surface area contributed by atoms with Crippen LogP contribution in [0.15, 0.2) is 53.3 Å². The van der Waals surface area contributed by atoms with Crippen LogP contribution in [0.1, 0.15) is 231 Å². The number of unbranched alkanes of at least 4 members (excludes halogenated alkanes) is 26. The second-order valence-electron chi connectivity index (χ2n) is 19.0.